The Hall–Kier alpha value is -2.09. The predicted octanol–water partition coefficient (Wildman–Crippen LogP) is 3.61. The smallest absolute Gasteiger partial charge is 0.368 e. The number of rotatable bonds is 2. The van der Waals surface area contributed by atoms with Crippen molar-refractivity contribution in [3.63, 3.8) is 0 Å². The molecule has 0 saturated heterocycles. The molecule has 0 fully saturated rings. The number of anilines is 3. The molecule has 20 heavy (non-hydrogen) atoms. The van der Waals surface area contributed by atoms with Crippen molar-refractivity contribution in [3.05, 3.63) is 40.8 Å². The highest BCUT2D eigenvalue weighted by atomic mass is 35.5. The summed E-state index contributed by atoms with van der Waals surface area (Å²) in [7, 11) is 0. The summed E-state index contributed by atoms with van der Waals surface area (Å²) < 4.78 is 50.8. The molecule has 1 aromatic heterocycles. The SMILES string of the molecule is Nc1nc(Cl)cc(Nc2ccc(F)c(C(F)(F)F)c2)n1. The van der Waals surface area contributed by atoms with Gasteiger partial charge in [-0.15, -0.1) is 0 Å². The Morgan fingerprint density at radius 1 is 1.15 bits per heavy atom. The van der Waals surface area contributed by atoms with Gasteiger partial charge >= 0.3 is 6.18 Å². The van der Waals surface area contributed by atoms with Gasteiger partial charge in [0.05, 0.1) is 5.56 Å². The Bertz CT molecular complexity index is 625. The fraction of sp³-hybridized carbons (Fsp3) is 0.0909. The van der Waals surface area contributed by atoms with Crippen LogP contribution in [0.25, 0.3) is 0 Å². The first-order valence-corrected chi connectivity index (χ1v) is 5.57. The molecule has 0 aliphatic carbocycles. The minimum atomic E-state index is -4.79. The van der Waals surface area contributed by atoms with Crippen molar-refractivity contribution < 1.29 is 17.6 Å². The average molecular weight is 307 g/mol. The molecule has 106 valence electrons. The van der Waals surface area contributed by atoms with Crippen molar-refractivity contribution in [3.8, 4) is 0 Å². The van der Waals surface area contributed by atoms with E-state index in [1.54, 1.807) is 0 Å². The summed E-state index contributed by atoms with van der Waals surface area (Å²) in [6.07, 6.45) is -4.79. The summed E-state index contributed by atoms with van der Waals surface area (Å²) in [5.41, 5.74) is 3.96. The molecule has 0 unspecified atom stereocenters. The Morgan fingerprint density at radius 3 is 2.45 bits per heavy atom. The maximum Gasteiger partial charge on any atom is 0.419 e. The van der Waals surface area contributed by atoms with Gasteiger partial charge in [0.2, 0.25) is 5.95 Å². The predicted molar refractivity (Wildman–Crippen MR) is 66.1 cm³/mol. The highest BCUT2D eigenvalue weighted by molar-refractivity contribution is 6.29. The van der Waals surface area contributed by atoms with Crippen LogP contribution in [0.1, 0.15) is 5.56 Å². The number of nitrogen functional groups attached to an aromatic ring is 1. The normalized spacial score (nSPS) is 11.4. The lowest BCUT2D eigenvalue weighted by atomic mass is 10.2. The number of hydrogen-bond acceptors (Lipinski definition) is 4. The molecule has 0 radical (unpaired) electrons. The molecule has 2 rings (SSSR count). The fourth-order valence-electron chi connectivity index (χ4n) is 1.47. The van der Waals surface area contributed by atoms with Crippen molar-refractivity contribution in [2.24, 2.45) is 0 Å². The standard InChI is InChI=1S/C11H7ClF4N4/c12-8-4-9(20-10(17)19-8)18-5-1-2-7(13)6(3-5)11(14,15)16/h1-4H,(H3,17,18,19,20). The number of aromatic nitrogens is 2. The van der Waals surface area contributed by atoms with Gasteiger partial charge in [-0.3, -0.25) is 0 Å². The first kappa shape index (κ1) is 14.3. The molecule has 1 heterocycles. The lowest BCUT2D eigenvalue weighted by molar-refractivity contribution is -0.139. The molecule has 0 atom stereocenters. The third kappa shape index (κ3) is 3.27. The van der Waals surface area contributed by atoms with Crippen LogP contribution in [0.3, 0.4) is 0 Å². The second-order valence-electron chi connectivity index (χ2n) is 3.75. The molecule has 3 N–H and O–H groups in total. The Morgan fingerprint density at radius 2 is 1.85 bits per heavy atom. The van der Waals surface area contributed by atoms with Crippen LogP contribution in [-0.2, 0) is 6.18 Å². The van der Waals surface area contributed by atoms with Crippen molar-refractivity contribution >= 4 is 29.1 Å². The van der Waals surface area contributed by atoms with E-state index in [0.717, 1.165) is 6.07 Å². The van der Waals surface area contributed by atoms with Crippen LogP contribution in [0.2, 0.25) is 5.15 Å². The van der Waals surface area contributed by atoms with E-state index >= 15 is 0 Å². The molecule has 4 nitrogen and oxygen atoms in total. The Kier molecular flexibility index (Phi) is 3.67. The van der Waals surface area contributed by atoms with Gasteiger partial charge in [0.1, 0.15) is 16.8 Å². The van der Waals surface area contributed by atoms with Gasteiger partial charge in [-0.05, 0) is 18.2 Å². The second kappa shape index (κ2) is 5.12. The van der Waals surface area contributed by atoms with Gasteiger partial charge in [-0.25, -0.2) is 9.37 Å². The zero-order valence-electron chi connectivity index (χ0n) is 9.67. The number of hydrogen-bond donors (Lipinski definition) is 2. The summed E-state index contributed by atoms with van der Waals surface area (Å²) in [5.74, 6) is -1.40. The van der Waals surface area contributed by atoms with Crippen molar-refractivity contribution in [1.29, 1.82) is 0 Å². The van der Waals surface area contributed by atoms with Crippen LogP contribution < -0.4 is 11.1 Å². The number of nitrogens with two attached hydrogens (primary N) is 1. The topological polar surface area (TPSA) is 63.8 Å². The minimum absolute atomic E-state index is 0.00658. The molecule has 9 heteroatoms. The van der Waals surface area contributed by atoms with E-state index in [0.29, 0.717) is 12.1 Å². The van der Waals surface area contributed by atoms with Gasteiger partial charge in [0.25, 0.3) is 0 Å². The lowest BCUT2D eigenvalue weighted by Crippen LogP contribution is -2.09. The van der Waals surface area contributed by atoms with Gasteiger partial charge in [-0.1, -0.05) is 11.6 Å². The fourth-order valence-corrected chi connectivity index (χ4v) is 1.66. The molecule has 0 amide bonds. The maximum absolute atomic E-state index is 13.1. The zero-order chi connectivity index (χ0) is 14.9. The largest absolute Gasteiger partial charge is 0.419 e. The third-order valence-corrected chi connectivity index (χ3v) is 2.45. The number of benzene rings is 1. The summed E-state index contributed by atoms with van der Waals surface area (Å²) >= 11 is 5.63. The van der Waals surface area contributed by atoms with E-state index in [4.69, 9.17) is 17.3 Å². The number of alkyl halides is 3. The quantitative estimate of drug-likeness (QED) is 0.657. The van der Waals surface area contributed by atoms with E-state index in [1.807, 2.05) is 0 Å². The van der Waals surface area contributed by atoms with Crippen molar-refractivity contribution in [1.82, 2.24) is 9.97 Å². The highest BCUT2D eigenvalue weighted by Gasteiger charge is 2.34. The molecule has 0 bridgehead atoms. The van der Waals surface area contributed by atoms with E-state index in [9.17, 15) is 17.6 Å². The molecule has 0 aliphatic rings. The Balaban J connectivity index is 2.35. The first-order chi connectivity index (χ1) is 9.25. The molecule has 0 saturated carbocycles. The number of halogens is 5. The van der Waals surface area contributed by atoms with Crippen LogP contribution in [0, 0.1) is 5.82 Å². The van der Waals surface area contributed by atoms with Crippen molar-refractivity contribution in [2.75, 3.05) is 11.1 Å². The average Bonchev–Trinajstić information content (AvgIpc) is 2.29. The van der Waals surface area contributed by atoms with Gasteiger partial charge in [-0.2, -0.15) is 18.2 Å². The minimum Gasteiger partial charge on any atom is -0.368 e. The molecule has 1 aromatic carbocycles. The summed E-state index contributed by atoms with van der Waals surface area (Å²) in [6, 6.07) is 3.74. The van der Waals surface area contributed by atoms with Crippen LogP contribution in [0.5, 0.6) is 0 Å². The number of nitrogens with zero attached hydrogens (tertiary/aromatic N) is 2. The lowest BCUT2D eigenvalue weighted by Gasteiger charge is -2.11. The van der Waals surface area contributed by atoms with Gasteiger partial charge in [0.15, 0.2) is 0 Å². The van der Waals surface area contributed by atoms with E-state index < -0.39 is 17.6 Å². The Labute approximate surface area is 115 Å². The van der Waals surface area contributed by atoms with E-state index in [2.05, 4.69) is 15.3 Å². The molecular formula is C11H7ClF4N4. The zero-order valence-corrected chi connectivity index (χ0v) is 10.4. The van der Waals surface area contributed by atoms with Gasteiger partial charge in [0, 0.05) is 11.8 Å². The van der Waals surface area contributed by atoms with Crippen molar-refractivity contribution in [2.45, 2.75) is 6.18 Å². The molecule has 0 aliphatic heterocycles. The van der Waals surface area contributed by atoms with Crippen LogP contribution in [-0.4, -0.2) is 9.97 Å². The van der Waals surface area contributed by atoms with Crippen LogP contribution >= 0.6 is 11.6 Å². The molecular weight excluding hydrogens is 300 g/mol. The van der Waals surface area contributed by atoms with E-state index in [-0.39, 0.29) is 22.6 Å². The molecule has 0 spiro atoms. The van der Waals surface area contributed by atoms with Crippen LogP contribution in [0.15, 0.2) is 24.3 Å². The van der Waals surface area contributed by atoms with Gasteiger partial charge < -0.3 is 11.1 Å². The third-order valence-electron chi connectivity index (χ3n) is 2.26. The second-order valence-corrected chi connectivity index (χ2v) is 4.14. The summed E-state index contributed by atoms with van der Waals surface area (Å²) in [4.78, 5) is 7.34. The summed E-state index contributed by atoms with van der Waals surface area (Å²) in [5, 5.41) is 2.57. The number of nitrogens with one attached hydrogen (secondary N) is 1. The van der Waals surface area contributed by atoms with E-state index in [1.165, 1.54) is 6.07 Å². The summed E-state index contributed by atoms with van der Waals surface area (Å²) in [6.45, 7) is 0. The first-order valence-electron chi connectivity index (χ1n) is 5.19. The van der Waals surface area contributed by atoms with Crippen LogP contribution in [0.4, 0.5) is 35.0 Å². The monoisotopic (exact) mass is 306 g/mol. The molecule has 2 aromatic rings. The highest BCUT2D eigenvalue weighted by Crippen LogP contribution is 2.33. The maximum atomic E-state index is 13.1.